The van der Waals surface area contributed by atoms with E-state index in [9.17, 15) is 0 Å². The third-order valence-electron chi connectivity index (χ3n) is 4.04. The Labute approximate surface area is 131 Å². The molecular weight excluding hydrogens is 272 g/mol. The van der Waals surface area contributed by atoms with E-state index in [0.29, 0.717) is 0 Å². The molecule has 21 heavy (non-hydrogen) atoms. The molecule has 0 saturated carbocycles. The molecule has 2 aromatic rings. The second-order valence-electron chi connectivity index (χ2n) is 6.08. The fourth-order valence-corrected chi connectivity index (χ4v) is 3.76. The Morgan fingerprint density at radius 2 is 1.86 bits per heavy atom. The van der Waals surface area contributed by atoms with E-state index in [1.807, 2.05) is 17.8 Å². The summed E-state index contributed by atoms with van der Waals surface area (Å²) >= 11 is 1.85. The first kappa shape index (κ1) is 14.2. The van der Waals surface area contributed by atoms with E-state index in [0.717, 1.165) is 6.42 Å². The van der Waals surface area contributed by atoms with Crippen LogP contribution in [0.25, 0.3) is 11.0 Å². The fourth-order valence-electron chi connectivity index (χ4n) is 2.76. The lowest BCUT2D eigenvalue weighted by Gasteiger charge is -2.32. The highest BCUT2D eigenvalue weighted by molar-refractivity contribution is 8.08. The average molecular weight is 292 g/mol. The van der Waals surface area contributed by atoms with Crippen molar-refractivity contribution >= 4 is 22.7 Å². The van der Waals surface area contributed by atoms with Crippen LogP contribution in [0, 0.1) is 0 Å². The van der Waals surface area contributed by atoms with Gasteiger partial charge >= 0.3 is 0 Å². The summed E-state index contributed by atoms with van der Waals surface area (Å²) in [5.74, 6) is 0. The van der Waals surface area contributed by atoms with E-state index in [4.69, 9.17) is 0 Å². The van der Waals surface area contributed by atoms with Crippen molar-refractivity contribution in [1.29, 1.82) is 0 Å². The molecule has 2 aromatic carbocycles. The van der Waals surface area contributed by atoms with Crippen LogP contribution in [-0.2, 0) is 5.41 Å². The Balaban J connectivity index is 2.04. The summed E-state index contributed by atoms with van der Waals surface area (Å²) in [6, 6.07) is 17.3. The zero-order valence-electron chi connectivity index (χ0n) is 12.6. The van der Waals surface area contributed by atoms with Crippen LogP contribution in [0.3, 0.4) is 0 Å². The van der Waals surface area contributed by atoms with E-state index in [2.05, 4.69) is 75.0 Å². The zero-order valence-corrected chi connectivity index (χ0v) is 13.4. The first-order valence-corrected chi connectivity index (χ1v) is 8.12. The van der Waals surface area contributed by atoms with E-state index in [1.165, 1.54) is 26.5 Å². The fraction of sp³-hybridized carbons (Fsp3) is 0.200. The molecule has 0 unspecified atom stereocenters. The molecule has 1 aliphatic carbocycles. The van der Waals surface area contributed by atoms with Crippen molar-refractivity contribution in [2.45, 2.75) is 30.6 Å². The van der Waals surface area contributed by atoms with Crippen molar-refractivity contribution in [3.8, 4) is 0 Å². The lowest BCUT2D eigenvalue weighted by molar-refractivity contribution is 0.528. The molecule has 106 valence electrons. The Morgan fingerprint density at radius 3 is 2.57 bits per heavy atom. The normalized spacial score (nSPS) is 16.0. The van der Waals surface area contributed by atoms with Gasteiger partial charge in [-0.1, -0.05) is 74.7 Å². The van der Waals surface area contributed by atoms with Gasteiger partial charge in [-0.3, -0.25) is 0 Å². The van der Waals surface area contributed by atoms with Crippen molar-refractivity contribution in [2.24, 2.45) is 0 Å². The lowest BCUT2D eigenvalue weighted by atomic mass is 9.75. The van der Waals surface area contributed by atoms with Crippen LogP contribution >= 0.6 is 11.8 Å². The van der Waals surface area contributed by atoms with Gasteiger partial charge in [0.05, 0.1) is 0 Å². The summed E-state index contributed by atoms with van der Waals surface area (Å²) in [4.78, 5) is 2.65. The van der Waals surface area contributed by atoms with Crippen LogP contribution in [0.4, 0.5) is 0 Å². The molecule has 0 aromatic heterocycles. The highest BCUT2D eigenvalue weighted by atomic mass is 32.2. The van der Waals surface area contributed by atoms with Gasteiger partial charge in [0.25, 0.3) is 0 Å². The molecule has 0 nitrogen and oxygen atoms in total. The van der Waals surface area contributed by atoms with Gasteiger partial charge in [-0.2, -0.15) is 0 Å². The molecule has 0 N–H and O–H groups in total. The van der Waals surface area contributed by atoms with Crippen LogP contribution in [-0.4, -0.2) is 0 Å². The highest BCUT2D eigenvalue weighted by Gasteiger charge is 2.28. The van der Waals surface area contributed by atoms with Crippen LogP contribution < -0.4 is 0 Å². The molecule has 1 aliphatic rings. The lowest BCUT2D eigenvalue weighted by Crippen LogP contribution is -2.21. The number of fused-ring (bicyclic) bond motifs is 1. The molecule has 0 amide bonds. The molecular formula is C20H20S. The van der Waals surface area contributed by atoms with E-state index in [1.54, 1.807) is 0 Å². The summed E-state index contributed by atoms with van der Waals surface area (Å²) in [7, 11) is 0. The minimum atomic E-state index is 0.204. The molecule has 0 aliphatic heterocycles. The minimum absolute atomic E-state index is 0.204. The van der Waals surface area contributed by atoms with Gasteiger partial charge < -0.3 is 0 Å². The predicted molar refractivity (Wildman–Crippen MR) is 94.5 cm³/mol. The number of allylic oxidation sites excluding steroid dienone is 1. The summed E-state index contributed by atoms with van der Waals surface area (Å²) in [6.45, 7) is 8.54. The number of benzene rings is 2. The predicted octanol–water partition coefficient (Wildman–Crippen LogP) is 6.14. The molecule has 3 rings (SSSR count). The molecule has 0 radical (unpaired) electrons. The van der Waals surface area contributed by atoms with Gasteiger partial charge in [0.1, 0.15) is 0 Å². The number of rotatable bonds is 3. The maximum Gasteiger partial charge on any atom is 0.0158 e. The van der Waals surface area contributed by atoms with Crippen molar-refractivity contribution < 1.29 is 0 Å². The first-order valence-electron chi connectivity index (χ1n) is 7.30. The summed E-state index contributed by atoms with van der Waals surface area (Å²) in [6.07, 6.45) is 5.39. The van der Waals surface area contributed by atoms with Crippen LogP contribution in [0.15, 0.2) is 66.1 Å². The standard InChI is InChI=1S/C20H20S/c1-4-15-10-11-18-17(14-15)19(12-13-20(18,2)3)21-16-8-6-5-7-9-16/h4-12,14H,1,13H2,2-3H3. The van der Waals surface area contributed by atoms with Crippen molar-refractivity contribution in [2.75, 3.05) is 0 Å². The largest absolute Gasteiger partial charge is 0.0985 e. The minimum Gasteiger partial charge on any atom is -0.0985 e. The second kappa shape index (κ2) is 5.57. The van der Waals surface area contributed by atoms with Gasteiger partial charge in [0.2, 0.25) is 0 Å². The van der Waals surface area contributed by atoms with E-state index in [-0.39, 0.29) is 5.41 Å². The van der Waals surface area contributed by atoms with Crippen molar-refractivity contribution in [1.82, 2.24) is 0 Å². The van der Waals surface area contributed by atoms with Crippen LogP contribution in [0.1, 0.15) is 37.0 Å². The van der Waals surface area contributed by atoms with Crippen LogP contribution in [0.2, 0.25) is 0 Å². The SMILES string of the molecule is C=Cc1ccc2c(c1)C(Sc1ccccc1)=CCC2(C)C. The van der Waals surface area contributed by atoms with Crippen molar-refractivity contribution in [3.05, 3.63) is 77.9 Å². The molecule has 0 saturated heterocycles. The zero-order chi connectivity index (χ0) is 14.9. The van der Waals surface area contributed by atoms with Gasteiger partial charge in [0, 0.05) is 9.80 Å². The number of thioether (sulfide) groups is 1. The topological polar surface area (TPSA) is 0 Å². The third kappa shape index (κ3) is 2.84. The van der Waals surface area contributed by atoms with Crippen LogP contribution in [0.5, 0.6) is 0 Å². The average Bonchev–Trinajstić information content (AvgIpc) is 2.51. The van der Waals surface area contributed by atoms with E-state index >= 15 is 0 Å². The summed E-state index contributed by atoms with van der Waals surface area (Å²) in [5, 5.41) is 0. The molecule has 0 bridgehead atoms. The van der Waals surface area contributed by atoms with Crippen molar-refractivity contribution in [3.63, 3.8) is 0 Å². The summed E-state index contributed by atoms with van der Waals surface area (Å²) in [5.41, 5.74) is 4.19. The summed E-state index contributed by atoms with van der Waals surface area (Å²) < 4.78 is 0. The number of hydrogen-bond donors (Lipinski definition) is 0. The van der Waals surface area contributed by atoms with E-state index < -0.39 is 0 Å². The first-order chi connectivity index (χ1) is 10.1. The van der Waals surface area contributed by atoms with Gasteiger partial charge in [-0.25, -0.2) is 0 Å². The molecule has 0 atom stereocenters. The highest BCUT2D eigenvalue weighted by Crippen LogP contribution is 2.45. The Hall–Kier alpha value is -1.73. The Bertz CT molecular complexity index is 693. The Kier molecular flexibility index (Phi) is 3.77. The second-order valence-corrected chi connectivity index (χ2v) is 7.20. The maximum atomic E-state index is 3.90. The molecule has 0 fully saturated rings. The molecule has 0 heterocycles. The molecule has 0 spiro atoms. The maximum absolute atomic E-state index is 3.90. The quantitative estimate of drug-likeness (QED) is 0.654. The smallest absolute Gasteiger partial charge is 0.0158 e. The molecule has 1 heteroatoms. The Morgan fingerprint density at radius 1 is 1.10 bits per heavy atom. The van der Waals surface area contributed by atoms with Gasteiger partial charge in [0.15, 0.2) is 0 Å². The van der Waals surface area contributed by atoms with Gasteiger partial charge in [-0.15, -0.1) is 0 Å². The number of hydrogen-bond acceptors (Lipinski definition) is 1. The monoisotopic (exact) mass is 292 g/mol. The van der Waals surface area contributed by atoms with Gasteiger partial charge in [-0.05, 0) is 46.7 Å². The third-order valence-corrected chi connectivity index (χ3v) is 5.16.